The van der Waals surface area contributed by atoms with Gasteiger partial charge in [-0.25, -0.2) is 0 Å². The van der Waals surface area contributed by atoms with Crippen molar-refractivity contribution in [3.8, 4) is 0 Å². The largest absolute Gasteiger partial charge is 0.379 e. The zero-order valence-corrected chi connectivity index (χ0v) is 29.5. The zero-order valence-electron chi connectivity index (χ0n) is 29.5. The van der Waals surface area contributed by atoms with E-state index in [4.69, 9.17) is 28.4 Å². The molecule has 0 atom stereocenters. The highest BCUT2D eigenvalue weighted by Gasteiger charge is 2.20. The standard InChI is InChI=1S/C35H65NO10/c1-5-6-7-8-9-10-11-12-15-31(37)16-13-19-41-23-27-46-30-34(40)36-18-21-43-24-25-44-28-32(38)17-14-20-42-22-26-45-29-33(39)35(2,3)4/h5-30H2,1-4H3,(H,36,40). The summed E-state index contributed by atoms with van der Waals surface area (Å²) in [6, 6.07) is 0. The molecule has 0 aliphatic carbocycles. The number of rotatable bonds is 35. The lowest BCUT2D eigenvalue weighted by molar-refractivity contribution is -0.131. The molecule has 46 heavy (non-hydrogen) atoms. The van der Waals surface area contributed by atoms with Crippen LogP contribution in [0, 0.1) is 5.41 Å². The van der Waals surface area contributed by atoms with Crippen molar-refractivity contribution in [1.29, 1.82) is 0 Å². The van der Waals surface area contributed by atoms with Crippen LogP contribution in [0.15, 0.2) is 0 Å². The Labute approximate surface area is 278 Å². The predicted molar refractivity (Wildman–Crippen MR) is 178 cm³/mol. The highest BCUT2D eigenvalue weighted by Crippen LogP contribution is 2.14. The predicted octanol–water partition coefficient (Wildman–Crippen LogP) is 5.05. The Bertz CT molecular complexity index is 769. The van der Waals surface area contributed by atoms with E-state index in [2.05, 4.69) is 12.2 Å². The van der Waals surface area contributed by atoms with E-state index >= 15 is 0 Å². The Morgan fingerprint density at radius 2 is 0.935 bits per heavy atom. The van der Waals surface area contributed by atoms with Gasteiger partial charge in [-0.1, -0.05) is 72.6 Å². The van der Waals surface area contributed by atoms with Gasteiger partial charge in [0.25, 0.3) is 0 Å². The number of carbonyl (C=O) groups is 4. The summed E-state index contributed by atoms with van der Waals surface area (Å²) in [6.45, 7) is 11.5. The zero-order chi connectivity index (χ0) is 34.1. The molecule has 1 N–H and O–H groups in total. The number of ether oxygens (including phenoxy) is 6. The van der Waals surface area contributed by atoms with Crippen molar-refractivity contribution in [3.05, 3.63) is 0 Å². The van der Waals surface area contributed by atoms with Gasteiger partial charge in [-0.05, 0) is 19.3 Å². The first-order valence-electron chi connectivity index (χ1n) is 17.5. The molecule has 0 aromatic carbocycles. The van der Waals surface area contributed by atoms with Gasteiger partial charge in [0.05, 0.1) is 46.2 Å². The molecule has 0 spiro atoms. The molecule has 0 saturated carbocycles. The second-order valence-electron chi connectivity index (χ2n) is 12.5. The summed E-state index contributed by atoms with van der Waals surface area (Å²) in [4.78, 5) is 47.4. The molecule has 0 heterocycles. The van der Waals surface area contributed by atoms with Gasteiger partial charge in [0.2, 0.25) is 5.91 Å². The summed E-state index contributed by atoms with van der Waals surface area (Å²) >= 11 is 0. The molecule has 0 rings (SSSR count). The van der Waals surface area contributed by atoms with Gasteiger partial charge in [0.1, 0.15) is 25.6 Å². The van der Waals surface area contributed by atoms with Crippen LogP contribution in [0.4, 0.5) is 0 Å². The molecule has 0 saturated heterocycles. The first kappa shape index (κ1) is 44.2. The van der Waals surface area contributed by atoms with Crippen LogP contribution in [0.1, 0.15) is 111 Å². The SMILES string of the molecule is CCCCCCCCCCC(=O)CCCOCCOCC(=O)NCCOCCOCC(=O)CCCOCCOCC(=O)C(C)(C)C. The number of ketones is 3. The van der Waals surface area contributed by atoms with Crippen LogP contribution in [0.25, 0.3) is 0 Å². The van der Waals surface area contributed by atoms with Crippen molar-refractivity contribution in [2.75, 3.05) is 85.8 Å². The maximum absolute atomic E-state index is 12.0. The van der Waals surface area contributed by atoms with E-state index in [0.29, 0.717) is 97.3 Å². The van der Waals surface area contributed by atoms with Gasteiger partial charge in [0.15, 0.2) is 11.6 Å². The van der Waals surface area contributed by atoms with Crippen molar-refractivity contribution < 1.29 is 47.6 Å². The summed E-state index contributed by atoms with van der Waals surface area (Å²) in [7, 11) is 0. The van der Waals surface area contributed by atoms with Gasteiger partial charge in [-0.2, -0.15) is 0 Å². The quantitative estimate of drug-likeness (QED) is 0.0922. The third kappa shape index (κ3) is 32.2. The van der Waals surface area contributed by atoms with E-state index in [-0.39, 0.29) is 43.9 Å². The Hall–Kier alpha value is -1.76. The molecular weight excluding hydrogens is 594 g/mol. The molecule has 0 unspecified atom stereocenters. The van der Waals surface area contributed by atoms with E-state index in [1.54, 1.807) is 0 Å². The van der Waals surface area contributed by atoms with Gasteiger partial charge in [-0.15, -0.1) is 0 Å². The second kappa shape index (κ2) is 31.8. The van der Waals surface area contributed by atoms with E-state index in [1.807, 2.05) is 20.8 Å². The fourth-order valence-corrected chi connectivity index (χ4v) is 4.10. The Kier molecular flexibility index (Phi) is 30.6. The molecule has 0 radical (unpaired) electrons. The maximum Gasteiger partial charge on any atom is 0.246 e. The highest BCUT2D eigenvalue weighted by molar-refractivity contribution is 5.84. The van der Waals surface area contributed by atoms with Crippen molar-refractivity contribution in [2.45, 2.75) is 111 Å². The molecule has 0 aliphatic rings. The number of hydrogen-bond acceptors (Lipinski definition) is 10. The number of hydrogen-bond donors (Lipinski definition) is 1. The Morgan fingerprint density at radius 3 is 1.52 bits per heavy atom. The maximum atomic E-state index is 12.0. The summed E-state index contributed by atoms with van der Waals surface area (Å²) in [5.41, 5.74) is -0.405. The minimum absolute atomic E-state index is 0.00673. The first-order chi connectivity index (χ1) is 22.2. The highest BCUT2D eigenvalue weighted by atomic mass is 16.5. The third-order valence-corrected chi connectivity index (χ3v) is 7.05. The van der Waals surface area contributed by atoms with Crippen molar-refractivity contribution in [1.82, 2.24) is 5.32 Å². The van der Waals surface area contributed by atoms with Gasteiger partial charge >= 0.3 is 0 Å². The number of unbranched alkanes of at least 4 members (excludes halogenated alkanes) is 7. The number of carbonyl (C=O) groups excluding carboxylic acids is 4. The van der Waals surface area contributed by atoms with E-state index < -0.39 is 5.41 Å². The Morgan fingerprint density at radius 1 is 0.478 bits per heavy atom. The van der Waals surface area contributed by atoms with E-state index in [0.717, 1.165) is 12.8 Å². The fourth-order valence-electron chi connectivity index (χ4n) is 4.10. The third-order valence-electron chi connectivity index (χ3n) is 7.05. The van der Waals surface area contributed by atoms with Crippen LogP contribution in [0.3, 0.4) is 0 Å². The lowest BCUT2D eigenvalue weighted by Crippen LogP contribution is -2.31. The van der Waals surface area contributed by atoms with Gasteiger partial charge in [-0.3, -0.25) is 19.2 Å². The average Bonchev–Trinajstić information content (AvgIpc) is 3.01. The lowest BCUT2D eigenvalue weighted by Gasteiger charge is -2.16. The molecule has 0 aliphatic heterocycles. The summed E-state index contributed by atoms with van der Waals surface area (Å²) < 4.78 is 32.3. The fraction of sp³-hybridized carbons (Fsp3) is 0.886. The van der Waals surface area contributed by atoms with Crippen LogP contribution in [-0.2, 0) is 47.6 Å². The van der Waals surface area contributed by atoms with E-state index in [9.17, 15) is 19.2 Å². The van der Waals surface area contributed by atoms with Crippen LogP contribution in [0.2, 0.25) is 0 Å². The second-order valence-corrected chi connectivity index (χ2v) is 12.5. The smallest absolute Gasteiger partial charge is 0.246 e. The minimum Gasteiger partial charge on any atom is -0.379 e. The van der Waals surface area contributed by atoms with Crippen molar-refractivity contribution >= 4 is 23.3 Å². The molecule has 11 heteroatoms. The van der Waals surface area contributed by atoms with Crippen molar-refractivity contribution in [2.24, 2.45) is 5.41 Å². The summed E-state index contributed by atoms with van der Waals surface area (Å²) in [6.07, 6.45) is 12.8. The van der Waals surface area contributed by atoms with Crippen molar-refractivity contribution in [3.63, 3.8) is 0 Å². The molecular formula is C35H65NO10. The molecule has 270 valence electrons. The number of Topliss-reactive ketones (excluding diaryl/α,β-unsaturated/α-hetero) is 3. The topological polar surface area (TPSA) is 136 Å². The number of amides is 1. The number of nitrogens with one attached hydrogen (secondary N) is 1. The average molecular weight is 660 g/mol. The molecule has 0 aromatic heterocycles. The molecule has 0 bridgehead atoms. The first-order valence-corrected chi connectivity index (χ1v) is 17.5. The normalized spacial score (nSPS) is 11.6. The summed E-state index contributed by atoms with van der Waals surface area (Å²) in [5.74, 6) is 0.126. The van der Waals surface area contributed by atoms with E-state index in [1.165, 1.54) is 38.5 Å². The Balaban J connectivity index is 3.37. The van der Waals surface area contributed by atoms with Crippen LogP contribution in [0.5, 0.6) is 0 Å². The monoisotopic (exact) mass is 659 g/mol. The molecule has 1 amide bonds. The van der Waals surface area contributed by atoms with Crippen LogP contribution < -0.4 is 5.32 Å². The minimum atomic E-state index is -0.405. The van der Waals surface area contributed by atoms with Crippen LogP contribution in [-0.4, -0.2) is 109 Å². The van der Waals surface area contributed by atoms with Crippen LogP contribution >= 0.6 is 0 Å². The van der Waals surface area contributed by atoms with Gasteiger partial charge in [0, 0.05) is 44.4 Å². The molecule has 0 aromatic rings. The van der Waals surface area contributed by atoms with Gasteiger partial charge < -0.3 is 33.7 Å². The summed E-state index contributed by atoms with van der Waals surface area (Å²) in [5, 5.41) is 2.71. The lowest BCUT2D eigenvalue weighted by atomic mass is 9.91. The molecule has 11 nitrogen and oxygen atoms in total. The molecule has 0 fully saturated rings.